The van der Waals surface area contributed by atoms with Gasteiger partial charge in [0, 0.05) is 30.7 Å². The van der Waals surface area contributed by atoms with Gasteiger partial charge in [0.25, 0.3) is 0 Å². The highest BCUT2D eigenvalue weighted by atomic mass is 35.5. The lowest BCUT2D eigenvalue weighted by Crippen LogP contribution is -2.07. The molecular formula is C14H19ClN4OS. The minimum Gasteiger partial charge on any atom is -0.476 e. The van der Waals surface area contributed by atoms with E-state index in [0.717, 1.165) is 22.9 Å². The number of halogens is 1. The maximum absolute atomic E-state index is 6.18. The lowest BCUT2D eigenvalue weighted by atomic mass is 10.2. The molecule has 0 aliphatic rings. The molecule has 2 rings (SSSR count). The summed E-state index contributed by atoms with van der Waals surface area (Å²) in [6.45, 7) is 7.41. The Morgan fingerprint density at radius 3 is 2.86 bits per heavy atom. The molecule has 0 unspecified atom stereocenters. The SMILES string of the molecule is CCc1nsc(NCc2cnc(OCC(C)C)c(Cl)c2)n1. The Morgan fingerprint density at radius 2 is 2.24 bits per heavy atom. The number of hydrogen-bond donors (Lipinski definition) is 1. The second-order valence-corrected chi connectivity index (χ2v) is 6.22. The number of hydrogen-bond acceptors (Lipinski definition) is 6. The van der Waals surface area contributed by atoms with E-state index in [1.54, 1.807) is 6.20 Å². The van der Waals surface area contributed by atoms with Crippen molar-refractivity contribution in [1.82, 2.24) is 14.3 Å². The average Bonchev–Trinajstić information content (AvgIpc) is 2.92. The van der Waals surface area contributed by atoms with E-state index in [0.29, 0.717) is 30.0 Å². The van der Waals surface area contributed by atoms with Crippen molar-refractivity contribution >= 4 is 28.3 Å². The quantitative estimate of drug-likeness (QED) is 0.838. The average molecular weight is 327 g/mol. The second-order valence-electron chi connectivity index (χ2n) is 5.06. The number of anilines is 1. The molecule has 0 radical (unpaired) electrons. The molecule has 0 spiro atoms. The zero-order valence-electron chi connectivity index (χ0n) is 12.4. The molecule has 0 bridgehead atoms. The first-order valence-corrected chi connectivity index (χ1v) is 8.07. The van der Waals surface area contributed by atoms with Gasteiger partial charge in [0.15, 0.2) is 0 Å². The Kier molecular flexibility index (Phi) is 5.76. The van der Waals surface area contributed by atoms with E-state index >= 15 is 0 Å². The van der Waals surface area contributed by atoms with Crippen LogP contribution in [0, 0.1) is 5.92 Å². The van der Waals surface area contributed by atoms with E-state index in [2.05, 4.69) is 33.5 Å². The molecular weight excluding hydrogens is 308 g/mol. The third-order valence-corrected chi connectivity index (χ3v) is 3.63. The first-order chi connectivity index (χ1) is 10.1. The molecule has 2 aromatic rings. The van der Waals surface area contributed by atoms with Crippen LogP contribution < -0.4 is 10.1 Å². The van der Waals surface area contributed by atoms with Crippen LogP contribution in [0.3, 0.4) is 0 Å². The van der Waals surface area contributed by atoms with Gasteiger partial charge < -0.3 is 10.1 Å². The summed E-state index contributed by atoms with van der Waals surface area (Å²) in [4.78, 5) is 8.61. The molecule has 0 saturated carbocycles. The minimum absolute atomic E-state index is 0.439. The maximum Gasteiger partial charge on any atom is 0.232 e. The normalized spacial score (nSPS) is 10.9. The van der Waals surface area contributed by atoms with E-state index < -0.39 is 0 Å². The monoisotopic (exact) mass is 326 g/mol. The molecule has 1 N–H and O–H groups in total. The number of aryl methyl sites for hydroxylation is 1. The molecule has 0 aliphatic carbocycles. The van der Waals surface area contributed by atoms with Gasteiger partial charge in [-0.3, -0.25) is 0 Å². The van der Waals surface area contributed by atoms with Crippen LogP contribution >= 0.6 is 23.1 Å². The van der Waals surface area contributed by atoms with E-state index in [1.165, 1.54) is 11.5 Å². The van der Waals surface area contributed by atoms with E-state index in [1.807, 2.05) is 13.0 Å². The Hall–Kier alpha value is -1.40. The second kappa shape index (κ2) is 7.56. The lowest BCUT2D eigenvalue weighted by Gasteiger charge is -2.10. The number of pyridine rings is 1. The van der Waals surface area contributed by atoms with Crippen molar-refractivity contribution in [3.05, 3.63) is 28.7 Å². The molecule has 2 aromatic heterocycles. The van der Waals surface area contributed by atoms with Crippen LogP contribution in [0.4, 0.5) is 5.13 Å². The Bertz CT molecular complexity index is 588. The Morgan fingerprint density at radius 1 is 1.43 bits per heavy atom. The molecule has 21 heavy (non-hydrogen) atoms. The smallest absolute Gasteiger partial charge is 0.232 e. The summed E-state index contributed by atoms with van der Waals surface area (Å²) in [5.74, 6) is 1.78. The molecule has 5 nitrogen and oxygen atoms in total. The molecule has 2 heterocycles. The molecule has 0 fully saturated rings. The Balaban J connectivity index is 1.93. The van der Waals surface area contributed by atoms with Gasteiger partial charge in [-0.2, -0.15) is 4.37 Å². The first kappa shape index (κ1) is 16.0. The molecule has 0 aromatic carbocycles. The lowest BCUT2D eigenvalue weighted by molar-refractivity contribution is 0.261. The summed E-state index contributed by atoms with van der Waals surface area (Å²) in [7, 11) is 0. The van der Waals surface area contributed by atoms with Gasteiger partial charge in [0.05, 0.1) is 6.61 Å². The summed E-state index contributed by atoms with van der Waals surface area (Å²) < 4.78 is 9.78. The highest BCUT2D eigenvalue weighted by Crippen LogP contribution is 2.23. The van der Waals surface area contributed by atoms with Crippen LogP contribution in [0.5, 0.6) is 5.88 Å². The van der Waals surface area contributed by atoms with Crippen LogP contribution in [0.15, 0.2) is 12.3 Å². The number of nitrogens with zero attached hydrogens (tertiary/aromatic N) is 3. The zero-order valence-corrected chi connectivity index (χ0v) is 14.0. The van der Waals surface area contributed by atoms with Gasteiger partial charge in [0.1, 0.15) is 10.8 Å². The van der Waals surface area contributed by atoms with E-state index in [4.69, 9.17) is 16.3 Å². The fraction of sp³-hybridized carbons (Fsp3) is 0.500. The molecule has 0 aliphatic heterocycles. The third kappa shape index (κ3) is 4.82. The number of ether oxygens (including phenoxy) is 1. The van der Waals surface area contributed by atoms with Crippen LogP contribution in [0.2, 0.25) is 5.02 Å². The van der Waals surface area contributed by atoms with Crippen molar-refractivity contribution in [3.63, 3.8) is 0 Å². The van der Waals surface area contributed by atoms with Crippen molar-refractivity contribution in [2.75, 3.05) is 11.9 Å². The molecule has 0 atom stereocenters. The maximum atomic E-state index is 6.18. The summed E-state index contributed by atoms with van der Waals surface area (Å²) in [6.07, 6.45) is 2.60. The molecule has 114 valence electrons. The van der Waals surface area contributed by atoms with Gasteiger partial charge >= 0.3 is 0 Å². The predicted octanol–water partition coefficient (Wildman–Crippen LogP) is 3.80. The molecule has 0 amide bonds. The number of rotatable bonds is 7. The Labute approximate surface area is 133 Å². The molecule has 7 heteroatoms. The summed E-state index contributed by atoms with van der Waals surface area (Å²) in [5, 5.41) is 4.56. The number of aromatic nitrogens is 3. The van der Waals surface area contributed by atoms with E-state index in [-0.39, 0.29) is 0 Å². The topological polar surface area (TPSA) is 59.9 Å². The van der Waals surface area contributed by atoms with Crippen molar-refractivity contribution in [2.45, 2.75) is 33.7 Å². The molecule has 0 saturated heterocycles. The fourth-order valence-corrected chi connectivity index (χ4v) is 2.45. The predicted molar refractivity (Wildman–Crippen MR) is 86.2 cm³/mol. The van der Waals surface area contributed by atoms with Crippen LogP contribution in [-0.2, 0) is 13.0 Å². The minimum atomic E-state index is 0.439. The van der Waals surface area contributed by atoms with Gasteiger partial charge in [0.2, 0.25) is 11.0 Å². The van der Waals surface area contributed by atoms with Crippen molar-refractivity contribution in [3.8, 4) is 5.88 Å². The van der Waals surface area contributed by atoms with Gasteiger partial charge in [-0.1, -0.05) is 32.4 Å². The van der Waals surface area contributed by atoms with Crippen LogP contribution in [0.1, 0.15) is 32.2 Å². The van der Waals surface area contributed by atoms with Crippen molar-refractivity contribution in [2.24, 2.45) is 5.92 Å². The van der Waals surface area contributed by atoms with Gasteiger partial charge in [-0.15, -0.1) is 0 Å². The summed E-state index contributed by atoms with van der Waals surface area (Å²) in [5.41, 5.74) is 0.977. The standard InChI is InChI=1S/C14H19ClN4OS/c1-4-12-18-14(21-19-12)17-7-10-5-11(15)13(16-6-10)20-8-9(2)3/h5-6,9H,4,7-8H2,1-3H3,(H,17,18,19). The third-order valence-electron chi connectivity index (χ3n) is 2.65. The highest BCUT2D eigenvalue weighted by Gasteiger charge is 2.07. The van der Waals surface area contributed by atoms with Crippen LogP contribution in [0.25, 0.3) is 0 Å². The summed E-state index contributed by atoms with van der Waals surface area (Å²) >= 11 is 7.54. The first-order valence-electron chi connectivity index (χ1n) is 6.92. The fourth-order valence-electron chi connectivity index (χ4n) is 1.56. The van der Waals surface area contributed by atoms with E-state index in [9.17, 15) is 0 Å². The van der Waals surface area contributed by atoms with Crippen molar-refractivity contribution in [1.29, 1.82) is 0 Å². The highest BCUT2D eigenvalue weighted by molar-refractivity contribution is 7.09. The zero-order chi connectivity index (χ0) is 15.2. The van der Waals surface area contributed by atoms with Gasteiger partial charge in [-0.25, -0.2) is 9.97 Å². The van der Waals surface area contributed by atoms with Crippen molar-refractivity contribution < 1.29 is 4.74 Å². The largest absolute Gasteiger partial charge is 0.476 e. The van der Waals surface area contributed by atoms with Gasteiger partial charge in [-0.05, 0) is 17.5 Å². The number of nitrogens with one attached hydrogen (secondary N) is 1. The van der Waals surface area contributed by atoms with Crippen LogP contribution in [-0.4, -0.2) is 20.9 Å². The summed E-state index contributed by atoms with van der Waals surface area (Å²) in [6, 6.07) is 1.86.